The lowest BCUT2D eigenvalue weighted by Crippen LogP contribution is -2.33. The SMILES string of the molecule is Cc1ccc(=O)n(CC(=O)NCc2cccs2)n1. The Morgan fingerprint density at radius 1 is 1.44 bits per heavy atom. The highest BCUT2D eigenvalue weighted by atomic mass is 32.1. The van der Waals surface area contributed by atoms with Crippen LogP contribution in [0, 0.1) is 6.92 Å². The van der Waals surface area contributed by atoms with Gasteiger partial charge in [-0.05, 0) is 24.4 Å². The zero-order valence-electron chi connectivity index (χ0n) is 9.92. The van der Waals surface area contributed by atoms with Gasteiger partial charge in [-0.3, -0.25) is 9.59 Å². The number of rotatable bonds is 4. The Morgan fingerprint density at radius 2 is 2.28 bits per heavy atom. The minimum atomic E-state index is -0.271. The van der Waals surface area contributed by atoms with Crippen molar-refractivity contribution in [2.75, 3.05) is 0 Å². The molecule has 1 N–H and O–H groups in total. The Hall–Kier alpha value is -1.95. The normalized spacial score (nSPS) is 10.3. The summed E-state index contributed by atoms with van der Waals surface area (Å²) in [6.45, 7) is 2.21. The highest BCUT2D eigenvalue weighted by Crippen LogP contribution is 2.07. The van der Waals surface area contributed by atoms with Crippen molar-refractivity contribution in [1.29, 1.82) is 0 Å². The Labute approximate surface area is 108 Å². The quantitative estimate of drug-likeness (QED) is 0.892. The number of nitrogens with zero attached hydrogens (tertiary/aromatic N) is 2. The molecule has 1 amide bonds. The van der Waals surface area contributed by atoms with Gasteiger partial charge in [0, 0.05) is 10.9 Å². The molecule has 0 radical (unpaired) electrons. The lowest BCUT2D eigenvalue weighted by molar-refractivity contribution is -0.122. The van der Waals surface area contributed by atoms with Crippen LogP contribution in [-0.4, -0.2) is 15.7 Å². The van der Waals surface area contributed by atoms with E-state index in [1.165, 1.54) is 10.7 Å². The van der Waals surface area contributed by atoms with E-state index in [1.54, 1.807) is 24.3 Å². The lowest BCUT2D eigenvalue weighted by atomic mass is 10.4. The summed E-state index contributed by atoms with van der Waals surface area (Å²) in [4.78, 5) is 24.2. The molecule has 18 heavy (non-hydrogen) atoms. The number of aryl methyl sites for hydroxylation is 1. The van der Waals surface area contributed by atoms with E-state index in [-0.39, 0.29) is 18.0 Å². The predicted octanol–water partition coefficient (Wildman–Crippen LogP) is 0.930. The number of carbonyl (C=O) groups excluding carboxylic acids is 1. The molecule has 0 unspecified atom stereocenters. The second-order valence-electron chi connectivity index (χ2n) is 3.83. The Morgan fingerprint density at radius 3 is 3.00 bits per heavy atom. The van der Waals surface area contributed by atoms with E-state index < -0.39 is 0 Å². The summed E-state index contributed by atoms with van der Waals surface area (Å²) < 4.78 is 1.17. The van der Waals surface area contributed by atoms with Gasteiger partial charge in [0.15, 0.2) is 0 Å². The van der Waals surface area contributed by atoms with E-state index in [2.05, 4.69) is 10.4 Å². The molecule has 2 aromatic heterocycles. The van der Waals surface area contributed by atoms with Crippen LogP contribution >= 0.6 is 11.3 Å². The minimum absolute atomic E-state index is 0.0497. The highest BCUT2D eigenvalue weighted by Gasteiger charge is 2.05. The lowest BCUT2D eigenvalue weighted by Gasteiger charge is -2.05. The fourth-order valence-electron chi connectivity index (χ4n) is 1.46. The van der Waals surface area contributed by atoms with Gasteiger partial charge in [0.25, 0.3) is 5.56 Å². The van der Waals surface area contributed by atoms with Gasteiger partial charge in [-0.25, -0.2) is 4.68 Å². The summed E-state index contributed by atoms with van der Waals surface area (Å²) in [5, 5.41) is 8.71. The van der Waals surface area contributed by atoms with Crippen molar-refractivity contribution >= 4 is 17.2 Å². The monoisotopic (exact) mass is 263 g/mol. The summed E-state index contributed by atoms with van der Waals surface area (Å²) >= 11 is 1.58. The number of nitrogens with one attached hydrogen (secondary N) is 1. The van der Waals surface area contributed by atoms with E-state index in [9.17, 15) is 9.59 Å². The standard InChI is InChI=1S/C12H13N3O2S/c1-9-4-5-12(17)15(14-9)8-11(16)13-7-10-3-2-6-18-10/h2-6H,7-8H2,1H3,(H,13,16). The molecule has 2 aromatic rings. The molecule has 5 nitrogen and oxygen atoms in total. The van der Waals surface area contributed by atoms with Gasteiger partial charge in [0.1, 0.15) is 6.54 Å². The van der Waals surface area contributed by atoms with Crippen molar-refractivity contribution in [3.8, 4) is 0 Å². The molecule has 2 rings (SSSR count). The van der Waals surface area contributed by atoms with E-state index in [0.29, 0.717) is 12.2 Å². The van der Waals surface area contributed by atoms with Gasteiger partial charge in [-0.2, -0.15) is 5.10 Å². The molecule has 94 valence electrons. The van der Waals surface area contributed by atoms with Crippen LogP contribution in [0.1, 0.15) is 10.6 Å². The zero-order valence-corrected chi connectivity index (χ0v) is 10.7. The van der Waals surface area contributed by atoms with Crippen LogP contribution in [0.5, 0.6) is 0 Å². The van der Waals surface area contributed by atoms with Crippen LogP contribution < -0.4 is 10.9 Å². The molecule has 0 aliphatic rings. The maximum Gasteiger partial charge on any atom is 0.267 e. The first-order valence-electron chi connectivity index (χ1n) is 5.49. The molecule has 2 heterocycles. The number of aromatic nitrogens is 2. The first-order valence-corrected chi connectivity index (χ1v) is 6.37. The van der Waals surface area contributed by atoms with Gasteiger partial charge in [0.05, 0.1) is 12.2 Å². The van der Waals surface area contributed by atoms with Crippen molar-refractivity contribution < 1.29 is 4.79 Å². The van der Waals surface area contributed by atoms with E-state index >= 15 is 0 Å². The van der Waals surface area contributed by atoms with Crippen LogP contribution in [0.25, 0.3) is 0 Å². The molecule has 0 fully saturated rings. The summed E-state index contributed by atoms with van der Waals surface area (Å²) in [7, 11) is 0. The maximum absolute atomic E-state index is 11.7. The third-order valence-electron chi connectivity index (χ3n) is 2.33. The fraction of sp³-hybridized carbons (Fsp3) is 0.250. The minimum Gasteiger partial charge on any atom is -0.350 e. The molecular formula is C12H13N3O2S. The van der Waals surface area contributed by atoms with E-state index in [1.807, 2.05) is 17.5 Å². The molecule has 0 spiro atoms. The number of carbonyl (C=O) groups is 1. The number of amides is 1. The van der Waals surface area contributed by atoms with Gasteiger partial charge in [0.2, 0.25) is 5.91 Å². The van der Waals surface area contributed by atoms with Crippen LogP contribution in [-0.2, 0) is 17.9 Å². The van der Waals surface area contributed by atoms with Gasteiger partial charge in [-0.15, -0.1) is 11.3 Å². The van der Waals surface area contributed by atoms with Crippen LogP contribution in [0.3, 0.4) is 0 Å². The van der Waals surface area contributed by atoms with E-state index in [0.717, 1.165) is 4.88 Å². The van der Waals surface area contributed by atoms with Crippen LogP contribution in [0.15, 0.2) is 34.4 Å². The molecule has 0 bridgehead atoms. The average Bonchev–Trinajstić information content (AvgIpc) is 2.84. The zero-order chi connectivity index (χ0) is 13.0. The molecule has 0 saturated heterocycles. The van der Waals surface area contributed by atoms with Crippen molar-refractivity contribution in [2.24, 2.45) is 0 Å². The molecule has 6 heteroatoms. The largest absolute Gasteiger partial charge is 0.350 e. The summed E-state index contributed by atoms with van der Waals surface area (Å²) in [5.41, 5.74) is 0.438. The summed E-state index contributed by atoms with van der Waals surface area (Å²) in [6.07, 6.45) is 0. The summed E-state index contributed by atoms with van der Waals surface area (Å²) in [6, 6.07) is 6.91. The number of thiophene rings is 1. The highest BCUT2D eigenvalue weighted by molar-refractivity contribution is 7.09. The maximum atomic E-state index is 11.7. The second-order valence-corrected chi connectivity index (χ2v) is 4.86. The third-order valence-corrected chi connectivity index (χ3v) is 3.21. The first-order chi connectivity index (χ1) is 8.65. The molecule has 0 aliphatic carbocycles. The predicted molar refractivity (Wildman–Crippen MR) is 69.4 cm³/mol. The molecular weight excluding hydrogens is 250 g/mol. The van der Waals surface area contributed by atoms with Gasteiger partial charge >= 0.3 is 0 Å². The van der Waals surface area contributed by atoms with Crippen molar-refractivity contribution in [1.82, 2.24) is 15.1 Å². The first kappa shape index (κ1) is 12.5. The fourth-order valence-corrected chi connectivity index (χ4v) is 2.10. The third kappa shape index (κ3) is 3.27. The van der Waals surface area contributed by atoms with Crippen LogP contribution in [0.4, 0.5) is 0 Å². The number of hydrogen-bond donors (Lipinski definition) is 1. The summed E-state index contributed by atoms with van der Waals surface area (Å²) in [5.74, 6) is -0.219. The molecule has 0 atom stereocenters. The smallest absolute Gasteiger partial charge is 0.267 e. The van der Waals surface area contributed by atoms with E-state index in [4.69, 9.17) is 0 Å². The van der Waals surface area contributed by atoms with Gasteiger partial charge in [-0.1, -0.05) is 6.07 Å². The van der Waals surface area contributed by atoms with Gasteiger partial charge < -0.3 is 5.32 Å². The average molecular weight is 263 g/mol. The van der Waals surface area contributed by atoms with Crippen molar-refractivity contribution in [3.05, 3.63) is 50.6 Å². The molecule has 0 aliphatic heterocycles. The number of hydrogen-bond acceptors (Lipinski definition) is 4. The Bertz CT molecular complexity index is 590. The Kier molecular flexibility index (Phi) is 3.88. The topological polar surface area (TPSA) is 64.0 Å². The van der Waals surface area contributed by atoms with Crippen molar-refractivity contribution in [3.63, 3.8) is 0 Å². The van der Waals surface area contributed by atoms with Crippen molar-refractivity contribution in [2.45, 2.75) is 20.0 Å². The van der Waals surface area contributed by atoms with Crippen LogP contribution in [0.2, 0.25) is 0 Å². The second kappa shape index (κ2) is 5.59. The molecule has 0 aromatic carbocycles. The molecule has 0 saturated carbocycles. The Balaban J connectivity index is 1.95.